The second kappa shape index (κ2) is 11.4. The number of aryl methyl sites for hydroxylation is 1. The van der Waals surface area contributed by atoms with Gasteiger partial charge in [-0.2, -0.15) is 5.10 Å². The molecule has 4 aromatic heterocycles. The van der Waals surface area contributed by atoms with Crippen molar-refractivity contribution in [1.29, 1.82) is 0 Å². The Labute approximate surface area is 278 Å². The molecule has 14 heteroatoms. The number of rotatable bonds is 7. The number of amides is 2. The first kappa shape index (κ1) is 31.2. The fourth-order valence-corrected chi connectivity index (χ4v) is 6.87. The quantitative estimate of drug-likeness (QED) is 0.165. The average molecular weight is 702 g/mol. The summed E-state index contributed by atoms with van der Waals surface area (Å²) in [5, 5.41) is 8.08. The van der Waals surface area contributed by atoms with Gasteiger partial charge in [-0.05, 0) is 61.3 Å². The number of ketones is 1. The molecule has 0 bridgehead atoms. The molecule has 2 amide bonds. The molecule has 0 spiro atoms. The Morgan fingerprint density at radius 1 is 1.11 bits per heavy atom. The van der Waals surface area contributed by atoms with Crippen LogP contribution in [-0.2, 0) is 25.6 Å². The van der Waals surface area contributed by atoms with Crippen LogP contribution in [-0.4, -0.2) is 76.7 Å². The molecule has 2 aliphatic heterocycles. The molecule has 1 N–H and O–H groups in total. The van der Waals surface area contributed by atoms with Gasteiger partial charge < -0.3 is 19.7 Å². The summed E-state index contributed by atoms with van der Waals surface area (Å²) in [6.45, 7) is 9.05. The van der Waals surface area contributed by atoms with E-state index in [0.29, 0.717) is 57.0 Å². The Bertz CT molecular complexity index is 1980. The number of hydrogen-bond donors (Lipinski definition) is 1. The predicted octanol–water partition coefficient (Wildman–Crippen LogP) is 4.57. The maximum Gasteiger partial charge on any atom is 0.248 e. The number of fused-ring (bicyclic) bond motifs is 2. The zero-order chi connectivity index (χ0) is 33.2. The van der Waals surface area contributed by atoms with Gasteiger partial charge in [-0.15, -0.1) is 0 Å². The molecule has 13 nitrogen and oxygen atoms in total. The van der Waals surface area contributed by atoms with Crippen molar-refractivity contribution in [1.82, 2.24) is 34.6 Å². The van der Waals surface area contributed by atoms with Gasteiger partial charge in [-0.25, -0.2) is 15.0 Å². The number of aromatic nitrogens is 6. The van der Waals surface area contributed by atoms with Crippen molar-refractivity contribution >= 4 is 50.2 Å². The molecule has 0 radical (unpaired) electrons. The maximum absolute atomic E-state index is 14.1. The molecule has 2 fully saturated rings. The number of halogens is 1. The lowest BCUT2D eigenvalue weighted by Crippen LogP contribution is -2.50. The number of nitrogens with zero attached hydrogens (tertiary/aromatic N) is 7. The van der Waals surface area contributed by atoms with Gasteiger partial charge in [0.05, 0.1) is 30.1 Å². The predicted molar refractivity (Wildman–Crippen MR) is 174 cm³/mol. The Kier molecular flexibility index (Phi) is 7.56. The largest absolute Gasteiger partial charge is 0.347 e. The van der Waals surface area contributed by atoms with Gasteiger partial charge in [0.25, 0.3) is 0 Å². The Morgan fingerprint density at radius 3 is 2.53 bits per heavy atom. The average Bonchev–Trinajstić information content (AvgIpc) is 3.63. The molecule has 0 saturated carbocycles. The minimum absolute atomic E-state index is 0.189. The number of carbonyl (C=O) groups is 3. The second-order valence-corrected chi connectivity index (χ2v) is 13.7. The zero-order valence-corrected chi connectivity index (χ0v) is 28.1. The van der Waals surface area contributed by atoms with E-state index >= 15 is 0 Å². The van der Waals surface area contributed by atoms with Crippen molar-refractivity contribution in [3.63, 3.8) is 0 Å². The molecule has 4 aromatic rings. The van der Waals surface area contributed by atoms with Crippen LogP contribution in [0.2, 0.25) is 0 Å². The normalized spacial score (nSPS) is 24.3. The van der Waals surface area contributed by atoms with E-state index in [1.54, 1.807) is 42.5 Å². The van der Waals surface area contributed by atoms with Crippen LogP contribution in [0.3, 0.4) is 0 Å². The summed E-state index contributed by atoms with van der Waals surface area (Å²) in [7, 11) is 0. The lowest BCUT2D eigenvalue weighted by Gasteiger charge is -2.38. The zero-order valence-electron chi connectivity index (χ0n) is 26.5. The van der Waals surface area contributed by atoms with Gasteiger partial charge in [0.2, 0.25) is 11.8 Å². The van der Waals surface area contributed by atoms with Crippen LogP contribution in [0.4, 0.5) is 5.82 Å². The van der Waals surface area contributed by atoms with Gasteiger partial charge in [-0.1, -0.05) is 19.1 Å². The number of ether oxygens (including phenoxy) is 2. The van der Waals surface area contributed by atoms with Crippen LogP contribution in [0.1, 0.15) is 62.1 Å². The molecule has 4 atom stereocenters. The monoisotopic (exact) mass is 700 g/mol. The van der Waals surface area contributed by atoms with Crippen molar-refractivity contribution in [2.75, 3.05) is 11.9 Å². The Balaban J connectivity index is 1.17. The summed E-state index contributed by atoms with van der Waals surface area (Å²) in [5.41, 5.74) is 2.34. The van der Waals surface area contributed by atoms with Crippen LogP contribution >= 0.6 is 15.9 Å². The number of nitrogens with one attached hydrogen (secondary N) is 1. The summed E-state index contributed by atoms with van der Waals surface area (Å²) >= 11 is 3.41. The van der Waals surface area contributed by atoms with Crippen LogP contribution in [0, 0.1) is 12.3 Å². The highest BCUT2D eigenvalue weighted by Crippen LogP contribution is 2.49. The number of anilines is 1. The fraction of sp³-hybridized carbons (Fsp3) is 0.394. The van der Waals surface area contributed by atoms with E-state index in [-0.39, 0.29) is 41.3 Å². The molecule has 3 aliphatic rings. The highest BCUT2D eigenvalue weighted by molar-refractivity contribution is 9.10. The molecular formula is C33H33BrN8O5. The van der Waals surface area contributed by atoms with Crippen LogP contribution in [0.5, 0.6) is 0 Å². The smallest absolute Gasteiger partial charge is 0.248 e. The van der Waals surface area contributed by atoms with E-state index in [1.165, 1.54) is 11.6 Å². The molecule has 7 rings (SSSR count). The highest BCUT2D eigenvalue weighted by atomic mass is 79.9. The molecule has 1 aliphatic carbocycles. The van der Waals surface area contributed by atoms with Crippen molar-refractivity contribution in [3.05, 3.63) is 70.6 Å². The number of pyridine rings is 2. The molecular weight excluding hydrogens is 668 g/mol. The van der Waals surface area contributed by atoms with E-state index in [9.17, 15) is 14.4 Å². The van der Waals surface area contributed by atoms with Gasteiger partial charge in [-0.3, -0.25) is 24.0 Å². The van der Waals surface area contributed by atoms with Gasteiger partial charge >= 0.3 is 0 Å². The third kappa shape index (κ3) is 5.63. The third-order valence-electron chi connectivity index (χ3n) is 9.02. The van der Waals surface area contributed by atoms with Crippen LogP contribution in [0.25, 0.3) is 22.2 Å². The number of likely N-dealkylation sites (tertiary alicyclic amines) is 1. The summed E-state index contributed by atoms with van der Waals surface area (Å²) in [6, 6.07) is 4.33. The minimum atomic E-state index is -0.779. The first-order valence-corrected chi connectivity index (χ1v) is 16.1. The van der Waals surface area contributed by atoms with Gasteiger partial charge in [0.15, 0.2) is 11.6 Å². The molecule has 2 saturated heterocycles. The van der Waals surface area contributed by atoms with E-state index in [1.807, 2.05) is 39.0 Å². The molecule has 47 heavy (non-hydrogen) atoms. The van der Waals surface area contributed by atoms with E-state index < -0.39 is 17.9 Å². The van der Waals surface area contributed by atoms with Gasteiger partial charge in [0, 0.05) is 41.2 Å². The SMILES string of the molecule is CC(=O)c1nn(CC(=O)N2[C@H](C(=O)Nc3nc(Br)ccc3C3COC(C)(C)O3)C[C@@]3(C)C=C[C@@H]23)c2cnc(-c3cnc(C)nc3)cc12. The van der Waals surface area contributed by atoms with Crippen LogP contribution in [0.15, 0.2) is 53.5 Å². The van der Waals surface area contributed by atoms with Crippen molar-refractivity contribution in [2.45, 2.75) is 71.6 Å². The Hall–Kier alpha value is -4.40. The Morgan fingerprint density at radius 2 is 1.87 bits per heavy atom. The van der Waals surface area contributed by atoms with E-state index in [2.05, 4.69) is 46.3 Å². The molecule has 6 heterocycles. The lowest BCUT2D eigenvalue weighted by atomic mass is 9.73. The first-order valence-electron chi connectivity index (χ1n) is 15.3. The van der Waals surface area contributed by atoms with Crippen molar-refractivity contribution in [3.8, 4) is 11.3 Å². The van der Waals surface area contributed by atoms with E-state index in [4.69, 9.17) is 9.47 Å². The van der Waals surface area contributed by atoms with E-state index in [0.717, 1.165) is 0 Å². The number of hydrogen-bond acceptors (Lipinski definition) is 10. The van der Waals surface area contributed by atoms with Gasteiger partial charge in [0.1, 0.15) is 40.6 Å². The summed E-state index contributed by atoms with van der Waals surface area (Å²) in [5.74, 6) is -0.711. The number of Topliss-reactive ketones (excluding diaryl/α,β-unsaturated/α-hetero) is 1. The molecule has 1 unspecified atom stereocenters. The maximum atomic E-state index is 14.1. The first-order chi connectivity index (χ1) is 22.3. The number of carbonyl (C=O) groups excluding carboxylic acids is 3. The highest BCUT2D eigenvalue weighted by Gasteiger charge is 2.55. The lowest BCUT2D eigenvalue weighted by molar-refractivity contribution is -0.139. The second-order valence-electron chi connectivity index (χ2n) is 12.9. The summed E-state index contributed by atoms with van der Waals surface area (Å²) < 4.78 is 13.8. The standard InChI is InChI=1S/C33H33BrN8O5/c1-17(43)29-21-10-22(19-12-35-18(2)36-13-19)37-14-24(21)41(40-29)15-28(44)42-23(11-33(5)9-8-26(33)42)31(45)39-30-20(6-7-27(34)38-30)25-16-46-32(3,4)47-25/h6-10,12-14,23,25-26H,11,15-16H2,1-5H3,(H,38,39,45)/t23-,25?,26+,33+/m0/s1. The molecule has 242 valence electrons. The summed E-state index contributed by atoms with van der Waals surface area (Å²) in [4.78, 5) is 60.0. The van der Waals surface area contributed by atoms with Crippen LogP contribution < -0.4 is 5.32 Å². The van der Waals surface area contributed by atoms with Crippen molar-refractivity contribution < 1.29 is 23.9 Å². The third-order valence-corrected chi connectivity index (χ3v) is 9.46. The topological polar surface area (TPSA) is 154 Å². The molecule has 0 aromatic carbocycles. The summed E-state index contributed by atoms with van der Waals surface area (Å²) in [6.07, 6.45) is 8.93. The minimum Gasteiger partial charge on any atom is -0.347 e. The fourth-order valence-electron chi connectivity index (χ4n) is 6.56. The van der Waals surface area contributed by atoms with Crippen molar-refractivity contribution in [2.24, 2.45) is 5.41 Å².